The first kappa shape index (κ1) is 22.5. The van der Waals surface area contributed by atoms with E-state index in [0.717, 1.165) is 38.5 Å². The summed E-state index contributed by atoms with van der Waals surface area (Å²) in [5.41, 5.74) is -1.71. The molecule has 1 aromatic rings. The maximum Gasteiger partial charge on any atom is 0.163 e. The number of aromatic nitrogens is 2. The number of rotatable bonds is 3. The minimum Gasteiger partial charge on any atom is -0.390 e. The average Bonchev–Trinajstić information content (AvgIpc) is 3.34. The van der Waals surface area contributed by atoms with Gasteiger partial charge in [-0.3, -0.25) is 4.79 Å². The molecule has 4 fully saturated rings. The van der Waals surface area contributed by atoms with E-state index in [1.807, 2.05) is 19.1 Å². The van der Waals surface area contributed by atoms with Crippen molar-refractivity contribution in [1.29, 1.82) is 10.5 Å². The number of Topliss-reactive ketones (excluding diaryl/α,β-unsaturated/α-hetero) is 1. The zero-order valence-electron chi connectivity index (χ0n) is 19.6. The topological polar surface area (TPSA) is 103 Å². The summed E-state index contributed by atoms with van der Waals surface area (Å²) in [5, 5.41) is 33.1. The van der Waals surface area contributed by atoms with Crippen molar-refractivity contribution in [2.24, 2.45) is 35.0 Å². The molecule has 5 rings (SSSR count). The predicted molar refractivity (Wildman–Crippen MR) is 118 cm³/mol. The van der Waals surface area contributed by atoms with Crippen molar-refractivity contribution in [1.82, 2.24) is 9.78 Å². The Hall–Kier alpha value is -2.25. The normalized spacial score (nSPS) is 44.1. The lowest BCUT2D eigenvalue weighted by molar-refractivity contribution is -0.166. The van der Waals surface area contributed by atoms with Gasteiger partial charge in [0, 0.05) is 12.0 Å². The Balaban J connectivity index is 1.35. The lowest BCUT2D eigenvalue weighted by Gasteiger charge is -2.59. The number of hydrogen-bond acceptors (Lipinski definition) is 5. The second-order valence-corrected chi connectivity index (χ2v) is 11.7. The standard InChI is InChI=1S/C26H33FN4O2/c1-24(33)9-10-26(27)16(12-24)3-4-19-20-5-6-22(25(20,2)8-7-21(19)26)23(32)15-31-18(14-29)11-17(13-28)30-31/h11,16,19-22,33H,3-10,12,15H2,1-2H3/t16-,19+,20+,21?,22-,24-,25+,26-/m1/s1. The number of hydrogen-bond donors (Lipinski definition) is 1. The maximum atomic E-state index is 16.5. The monoisotopic (exact) mass is 452 g/mol. The number of halogens is 1. The van der Waals surface area contributed by atoms with Crippen LogP contribution in [0.15, 0.2) is 6.07 Å². The van der Waals surface area contributed by atoms with Crippen LogP contribution in [0.1, 0.15) is 83.0 Å². The zero-order chi connectivity index (χ0) is 23.6. The third-order valence-corrected chi connectivity index (χ3v) is 10.0. The molecule has 1 heterocycles. The van der Waals surface area contributed by atoms with Crippen LogP contribution in [-0.2, 0) is 11.3 Å². The third-order valence-electron chi connectivity index (χ3n) is 10.0. The molecule has 1 unspecified atom stereocenters. The van der Waals surface area contributed by atoms with Gasteiger partial charge in [0.05, 0.1) is 5.60 Å². The molecule has 7 heteroatoms. The second-order valence-electron chi connectivity index (χ2n) is 11.7. The molecule has 4 aliphatic rings. The van der Waals surface area contributed by atoms with Crippen molar-refractivity contribution < 1.29 is 14.3 Å². The number of nitriles is 2. The van der Waals surface area contributed by atoms with Gasteiger partial charge in [-0.1, -0.05) is 6.92 Å². The highest BCUT2D eigenvalue weighted by atomic mass is 19.1. The van der Waals surface area contributed by atoms with Crippen molar-refractivity contribution in [3.05, 3.63) is 17.5 Å². The number of fused-ring (bicyclic) bond motifs is 5. The molecule has 0 bridgehead atoms. The van der Waals surface area contributed by atoms with E-state index in [9.17, 15) is 15.2 Å². The molecule has 0 spiro atoms. The fraction of sp³-hybridized carbons (Fsp3) is 0.769. The summed E-state index contributed by atoms with van der Waals surface area (Å²) in [5.74, 6) is 0.572. The van der Waals surface area contributed by atoms with Crippen molar-refractivity contribution in [2.45, 2.75) is 89.4 Å². The van der Waals surface area contributed by atoms with Crippen LogP contribution in [0, 0.1) is 57.7 Å². The smallest absolute Gasteiger partial charge is 0.163 e. The van der Waals surface area contributed by atoms with Gasteiger partial charge in [0.25, 0.3) is 0 Å². The molecule has 0 radical (unpaired) electrons. The summed E-state index contributed by atoms with van der Waals surface area (Å²) in [4.78, 5) is 13.4. The van der Waals surface area contributed by atoms with E-state index in [4.69, 9.17) is 5.26 Å². The van der Waals surface area contributed by atoms with E-state index in [2.05, 4.69) is 12.0 Å². The van der Waals surface area contributed by atoms with Crippen LogP contribution in [0.5, 0.6) is 0 Å². The summed E-state index contributed by atoms with van der Waals surface area (Å²) in [6.07, 6.45) is 6.76. The molecule has 4 aliphatic carbocycles. The lowest BCUT2D eigenvalue weighted by Crippen LogP contribution is -2.58. The number of alkyl halides is 1. The Kier molecular flexibility index (Phi) is 5.21. The molecule has 8 atom stereocenters. The molecule has 176 valence electrons. The SMILES string of the molecule is C[C@@]1(O)CC[C@]2(F)C3CC[C@]4(C)[C@@H](C(=O)Cn5nc(C#N)cc5C#N)CC[C@H]4[C@@H]3CC[C@@H]2C1. The Morgan fingerprint density at radius 1 is 1.15 bits per heavy atom. The van der Waals surface area contributed by atoms with E-state index in [0.29, 0.717) is 31.1 Å². The first-order valence-corrected chi connectivity index (χ1v) is 12.4. The number of aliphatic hydroxyl groups is 1. The molecule has 6 nitrogen and oxygen atoms in total. The molecule has 1 aromatic heterocycles. The Morgan fingerprint density at radius 3 is 2.67 bits per heavy atom. The van der Waals surface area contributed by atoms with Crippen LogP contribution in [0.2, 0.25) is 0 Å². The zero-order valence-corrected chi connectivity index (χ0v) is 19.6. The third kappa shape index (κ3) is 3.43. The molecule has 0 aliphatic heterocycles. The molecule has 0 aromatic carbocycles. The number of nitrogens with zero attached hydrogens (tertiary/aromatic N) is 4. The van der Waals surface area contributed by atoms with E-state index in [1.54, 1.807) is 0 Å². The number of carbonyl (C=O) groups excluding carboxylic acids is 1. The fourth-order valence-corrected chi connectivity index (χ4v) is 8.45. The van der Waals surface area contributed by atoms with E-state index in [-0.39, 0.29) is 46.9 Å². The largest absolute Gasteiger partial charge is 0.390 e. The molecular formula is C26H33FN4O2. The summed E-state index contributed by atoms with van der Waals surface area (Å²) < 4.78 is 17.9. The fourth-order valence-electron chi connectivity index (χ4n) is 8.45. The summed E-state index contributed by atoms with van der Waals surface area (Å²) >= 11 is 0. The van der Waals surface area contributed by atoms with E-state index < -0.39 is 11.3 Å². The second kappa shape index (κ2) is 7.64. The predicted octanol–water partition coefficient (Wildman–Crippen LogP) is 4.31. The minimum atomic E-state index is -1.18. The molecule has 1 N–H and O–H groups in total. The van der Waals surface area contributed by atoms with Crippen LogP contribution in [0.4, 0.5) is 4.39 Å². The van der Waals surface area contributed by atoms with Crippen molar-refractivity contribution in [3.8, 4) is 12.1 Å². The Morgan fingerprint density at radius 2 is 1.94 bits per heavy atom. The van der Waals surface area contributed by atoms with Crippen molar-refractivity contribution in [3.63, 3.8) is 0 Å². The van der Waals surface area contributed by atoms with Gasteiger partial charge in [-0.2, -0.15) is 15.6 Å². The molecular weight excluding hydrogens is 419 g/mol. The average molecular weight is 453 g/mol. The Labute approximate surface area is 194 Å². The van der Waals surface area contributed by atoms with Crippen LogP contribution >= 0.6 is 0 Å². The highest BCUT2D eigenvalue weighted by Gasteiger charge is 2.63. The van der Waals surface area contributed by atoms with Gasteiger partial charge in [-0.15, -0.1) is 0 Å². The first-order chi connectivity index (χ1) is 15.6. The van der Waals surface area contributed by atoms with E-state index in [1.165, 1.54) is 10.7 Å². The molecule has 4 saturated carbocycles. The molecule has 0 saturated heterocycles. The highest BCUT2D eigenvalue weighted by Crippen LogP contribution is 2.66. The highest BCUT2D eigenvalue weighted by molar-refractivity contribution is 5.82. The summed E-state index contributed by atoms with van der Waals surface area (Å²) in [6, 6.07) is 5.37. The molecule has 0 amide bonds. The van der Waals surface area contributed by atoms with Gasteiger partial charge in [-0.25, -0.2) is 9.07 Å². The number of ketones is 1. The van der Waals surface area contributed by atoms with Gasteiger partial charge < -0.3 is 5.11 Å². The van der Waals surface area contributed by atoms with Gasteiger partial charge in [0.1, 0.15) is 30.0 Å². The summed E-state index contributed by atoms with van der Waals surface area (Å²) in [7, 11) is 0. The van der Waals surface area contributed by atoms with Crippen LogP contribution in [0.25, 0.3) is 0 Å². The quantitative estimate of drug-likeness (QED) is 0.736. The van der Waals surface area contributed by atoms with Crippen LogP contribution in [0.3, 0.4) is 0 Å². The summed E-state index contributed by atoms with van der Waals surface area (Å²) in [6.45, 7) is 4.08. The van der Waals surface area contributed by atoms with E-state index >= 15 is 4.39 Å². The van der Waals surface area contributed by atoms with Crippen molar-refractivity contribution >= 4 is 5.78 Å². The van der Waals surface area contributed by atoms with Gasteiger partial charge in [0.15, 0.2) is 11.5 Å². The maximum absolute atomic E-state index is 16.5. The van der Waals surface area contributed by atoms with Crippen molar-refractivity contribution in [2.75, 3.05) is 0 Å². The lowest BCUT2D eigenvalue weighted by atomic mass is 9.48. The van der Waals surface area contributed by atoms with Gasteiger partial charge >= 0.3 is 0 Å². The minimum absolute atomic E-state index is 0.00977. The van der Waals surface area contributed by atoms with Crippen LogP contribution in [-0.4, -0.2) is 31.9 Å². The number of carbonyl (C=O) groups is 1. The Bertz CT molecular complexity index is 1050. The van der Waals surface area contributed by atoms with Gasteiger partial charge in [-0.05, 0) is 93.8 Å². The van der Waals surface area contributed by atoms with Gasteiger partial charge in [0.2, 0.25) is 0 Å². The van der Waals surface area contributed by atoms with Crippen LogP contribution < -0.4 is 0 Å². The molecule has 33 heavy (non-hydrogen) atoms. The first-order valence-electron chi connectivity index (χ1n) is 12.4.